The average molecular weight is 228 g/mol. The highest BCUT2D eigenvalue weighted by Crippen LogP contribution is 2.21. The van der Waals surface area contributed by atoms with E-state index in [9.17, 15) is 0 Å². The van der Waals surface area contributed by atoms with E-state index in [-0.39, 0.29) is 5.54 Å². The molecule has 0 atom stereocenters. The average Bonchev–Trinajstić information content (AvgIpc) is 2.17. The van der Waals surface area contributed by atoms with Crippen molar-refractivity contribution >= 4 is 10.9 Å². The molecule has 90 valence electrons. The van der Waals surface area contributed by atoms with E-state index in [1.54, 1.807) is 0 Å². The normalized spacial score (nSPS) is 12.1. The van der Waals surface area contributed by atoms with Crippen LogP contribution in [0.4, 0.5) is 0 Å². The van der Waals surface area contributed by atoms with Crippen LogP contribution in [0.15, 0.2) is 24.3 Å². The Morgan fingerprint density at radius 1 is 1.18 bits per heavy atom. The Morgan fingerprint density at radius 2 is 1.88 bits per heavy atom. The highest BCUT2D eigenvalue weighted by Gasteiger charge is 2.13. The Labute approximate surface area is 103 Å². The van der Waals surface area contributed by atoms with Gasteiger partial charge in [0, 0.05) is 16.6 Å². The van der Waals surface area contributed by atoms with Crippen molar-refractivity contribution in [3.63, 3.8) is 0 Å². The summed E-state index contributed by atoms with van der Waals surface area (Å²) in [6.45, 7) is 8.25. The van der Waals surface area contributed by atoms with E-state index < -0.39 is 0 Å². The van der Waals surface area contributed by atoms with Crippen molar-refractivity contribution in [2.45, 2.75) is 39.7 Å². The highest BCUT2D eigenvalue weighted by molar-refractivity contribution is 5.82. The number of pyridine rings is 1. The second-order valence-electron chi connectivity index (χ2n) is 5.60. The summed E-state index contributed by atoms with van der Waals surface area (Å²) in [4.78, 5) is 4.58. The molecule has 0 saturated heterocycles. The van der Waals surface area contributed by atoms with Gasteiger partial charge in [-0.25, -0.2) is 0 Å². The first kappa shape index (κ1) is 12.1. The molecule has 0 bridgehead atoms. The van der Waals surface area contributed by atoms with E-state index >= 15 is 0 Å². The summed E-state index contributed by atoms with van der Waals surface area (Å²) in [7, 11) is 0. The number of nitrogens with zero attached hydrogens (tertiary/aromatic N) is 1. The Balaban J connectivity index is 2.52. The van der Waals surface area contributed by atoms with Crippen LogP contribution >= 0.6 is 0 Å². The van der Waals surface area contributed by atoms with Crippen LogP contribution in [0.2, 0.25) is 0 Å². The van der Waals surface area contributed by atoms with E-state index in [0.717, 1.165) is 17.6 Å². The van der Waals surface area contributed by atoms with Crippen LogP contribution in [0.25, 0.3) is 10.9 Å². The van der Waals surface area contributed by atoms with Crippen molar-refractivity contribution in [2.75, 3.05) is 0 Å². The molecule has 0 spiro atoms. The van der Waals surface area contributed by atoms with Gasteiger partial charge in [0.2, 0.25) is 0 Å². The van der Waals surface area contributed by atoms with Gasteiger partial charge in [-0.1, -0.05) is 12.1 Å². The standard InChI is InChI=1S/C15H20N2/c1-10-7-12(9-15(3,4)16)8-13-6-5-11(2)17-14(10)13/h5-8H,9,16H2,1-4H3. The Hall–Kier alpha value is -1.41. The molecule has 1 heterocycles. The lowest BCUT2D eigenvalue weighted by Crippen LogP contribution is -2.34. The molecule has 2 nitrogen and oxygen atoms in total. The lowest BCUT2D eigenvalue weighted by atomic mass is 9.94. The van der Waals surface area contributed by atoms with Crippen LogP contribution in [0, 0.1) is 13.8 Å². The van der Waals surface area contributed by atoms with E-state index in [1.165, 1.54) is 16.5 Å². The fraction of sp³-hybridized carbons (Fsp3) is 0.400. The zero-order chi connectivity index (χ0) is 12.6. The first-order valence-electron chi connectivity index (χ1n) is 6.01. The molecule has 0 aliphatic carbocycles. The Bertz CT molecular complexity index is 551. The van der Waals surface area contributed by atoms with Gasteiger partial charge in [-0.2, -0.15) is 0 Å². The van der Waals surface area contributed by atoms with E-state index in [2.05, 4.69) is 50.0 Å². The number of nitrogens with two attached hydrogens (primary N) is 1. The zero-order valence-electron chi connectivity index (χ0n) is 11.0. The van der Waals surface area contributed by atoms with Crippen molar-refractivity contribution < 1.29 is 0 Å². The van der Waals surface area contributed by atoms with Crippen LogP contribution < -0.4 is 5.73 Å². The molecule has 1 aromatic carbocycles. The summed E-state index contributed by atoms with van der Waals surface area (Å²) in [5.41, 5.74) is 10.6. The molecule has 0 aliphatic rings. The van der Waals surface area contributed by atoms with Crippen LogP contribution in [-0.2, 0) is 6.42 Å². The number of benzene rings is 1. The third kappa shape index (κ3) is 2.83. The highest BCUT2D eigenvalue weighted by atomic mass is 14.7. The monoisotopic (exact) mass is 228 g/mol. The lowest BCUT2D eigenvalue weighted by Gasteiger charge is -2.19. The van der Waals surface area contributed by atoms with Crippen LogP contribution in [-0.4, -0.2) is 10.5 Å². The van der Waals surface area contributed by atoms with Crippen molar-refractivity contribution in [3.8, 4) is 0 Å². The predicted molar refractivity (Wildman–Crippen MR) is 73.2 cm³/mol. The molecule has 0 unspecified atom stereocenters. The fourth-order valence-electron chi connectivity index (χ4n) is 2.22. The topological polar surface area (TPSA) is 38.9 Å². The van der Waals surface area contributed by atoms with Gasteiger partial charge >= 0.3 is 0 Å². The van der Waals surface area contributed by atoms with Gasteiger partial charge < -0.3 is 5.73 Å². The van der Waals surface area contributed by atoms with Crippen molar-refractivity contribution in [3.05, 3.63) is 41.1 Å². The first-order chi connectivity index (χ1) is 7.85. The number of aryl methyl sites for hydroxylation is 2. The largest absolute Gasteiger partial charge is 0.325 e. The number of aromatic nitrogens is 1. The molecule has 0 radical (unpaired) electrons. The van der Waals surface area contributed by atoms with Gasteiger partial charge in [0.25, 0.3) is 0 Å². The molecule has 17 heavy (non-hydrogen) atoms. The van der Waals surface area contributed by atoms with Gasteiger partial charge in [0.15, 0.2) is 0 Å². The van der Waals surface area contributed by atoms with Gasteiger partial charge in [-0.3, -0.25) is 4.98 Å². The molecule has 0 fully saturated rings. The SMILES string of the molecule is Cc1ccc2cc(CC(C)(C)N)cc(C)c2n1. The summed E-state index contributed by atoms with van der Waals surface area (Å²) in [5.74, 6) is 0. The fourth-order valence-corrected chi connectivity index (χ4v) is 2.22. The minimum Gasteiger partial charge on any atom is -0.325 e. The maximum absolute atomic E-state index is 6.07. The maximum atomic E-state index is 6.07. The summed E-state index contributed by atoms with van der Waals surface area (Å²) < 4.78 is 0. The Morgan fingerprint density at radius 3 is 2.53 bits per heavy atom. The molecule has 2 aromatic rings. The van der Waals surface area contributed by atoms with Crippen LogP contribution in [0.1, 0.15) is 30.7 Å². The maximum Gasteiger partial charge on any atom is 0.0734 e. The summed E-state index contributed by atoms with van der Waals surface area (Å²) in [6, 6.07) is 8.59. The van der Waals surface area contributed by atoms with E-state index in [4.69, 9.17) is 5.73 Å². The van der Waals surface area contributed by atoms with Gasteiger partial charge in [-0.15, -0.1) is 0 Å². The van der Waals surface area contributed by atoms with Crippen molar-refractivity contribution in [1.29, 1.82) is 0 Å². The zero-order valence-corrected chi connectivity index (χ0v) is 11.0. The smallest absolute Gasteiger partial charge is 0.0734 e. The molecule has 2 N–H and O–H groups in total. The number of hydrogen-bond donors (Lipinski definition) is 1. The molecule has 1 aromatic heterocycles. The van der Waals surface area contributed by atoms with Gasteiger partial charge in [-0.05, 0) is 57.4 Å². The van der Waals surface area contributed by atoms with Gasteiger partial charge in [0.1, 0.15) is 0 Å². The third-order valence-electron chi connectivity index (χ3n) is 2.84. The summed E-state index contributed by atoms with van der Waals surface area (Å²) in [6.07, 6.45) is 0.887. The quantitative estimate of drug-likeness (QED) is 0.857. The molecule has 0 amide bonds. The van der Waals surface area contributed by atoms with E-state index in [1.807, 2.05) is 6.92 Å². The van der Waals surface area contributed by atoms with Crippen molar-refractivity contribution in [1.82, 2.24) is 4.98 Å². The summed E-state index contributed by atoms with van der Waals surface area (Å²) in [5, 5.41) is 1.20. The minimum atomic E-state index is -0.168. The van der Waals surface area contributed by atoms with Gasteiger partial charge in [0.05, 0.1) is 5.52 Å². The third-order valence-corrected chi connectivity index (χ3v) is 2.84. The minimum absolute atomic E-state index is 0.168. The second-order valence-corrected chi connectivity index (χ2v) is 5.60. The molecule has 2 heteroatoms. The molecular formula is C15H20N2. The summed E-state index contributed by atoms with van der Waals surface area (Å²) >= 11 is 0. The number of rotatable bonds is 2. The van der Waals surface area contributed by atoms with E-state index in [0.29, 0.717) is 0 Å². The van der Waals surface area contributed by atoms with Crippen LogP contribution in [0.3, 0.4) is 0 Å². The number of fused-ring (bicyclic) bond motifs is 1. The second kappa shape index (κ2) is 4.11. The molecule has 0 saturated carbocycles. The first-order valence-corrected chi connectivity index (χ1v) is 6.01. The Kier molecular flexibility index (Phi) is 2.92. The molecule has 2 rings (SSSR count). The predicted octanol–water partition coefficient (Wildman–Crippen LogP) is 3.13. The van der Waals surface area contributed by atoms with Crippen molar-refractivity contribution in [2.24, 2.45) is 5.73 Å². The molecular weight excluding hydrogens is 208 g/mol. The number of hydrogen-bond acceptors (Lipinski definition) is 2. The lowest BCUT2D eigenvalue weighted by molar-refractivity contribution is 0.517. The molecule has 0 aliphatic heterocycles. The van der Waals surface area contributed by atoms with Crippen LogP contribution in [0.5, 0.6) is 0 Å².